The summed E-state index contributed by atoms with van der Waals surface area (Å²) in [6.45, 7) is 4.11. The van der Waals surface area contributed by atoms with Gasteiger partial charge in [-0.3, -0.25) is 0 Å². The van der Waals surface area contributed by atoms with E-state index < -0.39 is 17.6 Å². The number of hydrogen-bond donors (Lipinski definition) is 1. The minimum Gasteiger partial charge on any atom is -0.313 e. The zero-order valence-electron chi connectivity index (χ0n) is 11.3. The summed E-state index contributed by atoms with van der Waals surface area (Å²) in [6, 6.07) is 3.00. The van der Waals surface area contributed by atoms with Crippen LogP contribution in [0, 0.1) is 11.7 Å². The topological polar surface area (TPSA) is 12.0 Å². The average molecular weight is 277 g/mol. The van der Waals surface area contributed by atoms with Crippen molar-refractivity contribution in [2.24, 2.45) is 5.92 Å². The maximum absolute atomic E-state index is 13.5. The zero-order valence-corrected chi connectivity index (χ0v) is 11.3. The van der Waals surface area contributed by atoms with Crippen LogP contribution in [-0.2, 0) is 6.18 Å². The van der Waals surface area contributed by atoms with Crippen LogP contribution < -0.4 is 5.32 Å². The standard InChI is InChI=1S/C14H19F4N/c1-4-9(2)7-13(19-3)10-5-6-11(12(15)8-10)14(16,17)18/h5-6,8-9,13,19H,4,7H2,1-3H3. The second-order valence-corrected chi connectivity index (χ2v) is 4.83. The lowest BCUT2D eigenvalue weighted by Gasteiger charge is -2.21. The van der Waals surface area contributed by atoms with Crippen molar-refractivity contribution in [3.63, 3.8) is 0 Å². The van der Waals surface area contributed by atoms with E-state index in [1.807, 2.05) is 6.92 Å². The highest BCUT2D eigenvalue weighted by molar-refractivity contribution is 5.28. The van der Waals surface area contributed by atoms with Gasteiger partial charge in [0.05, 0.1) is 5.56 Å². The molecule has 1 nitrogen and oxygen atoms in total. The Morgan fingerprint density at radius 2 is 1.89 bits per heavy atom. The van der Waals surface area contributed by atoms with E-state index in [2.05, 4.69) is 12.2 Å². The SMILES string of the molecule is CCC(C)CC(NC)c1ccc(C(F)(F)F)c(F)c1. The van der Waals surface area contributed by atoms with Crippen molar-refractivity contribution >= 4 is 0 Å². The number of benzene rings is 1. The quantitative estimate of drug-likeness (QED) is 0.779. The highest BCUT2D eigenvalue weighted by atomic mass is 19.4. The molecule has 2 atom stereocenters. The molecule has 0 saturated carbocycles. The summed E-state index contributed by atoms with van der Waals surface area (Å²) in [7, 11) is 1.72. The van der Waals surface area contributed by atoms with Gasteiger partial charge in [0.25, 0.3) is 0 Å². The first-order valence-electron chi connectivity index (χ1n) is 6.33. The van der Waals surface area contributed by atoms with E-state index in [1.54, 1.807) is 7.05 Å². The molecule has 108 valence electrons. The molecule has 1 N–H and O–H groups in total. The van der Waals surface area contributed by atoms with Crippen molar-refractivity contribution in [2.75, 3.05) is 7.05 Å². The summed E-state index contributed by atoms with van der Waals surface area (Å²) < 4.78 is 50.9. The molecule has 1 aromatic carbocycles. The zero-order chi connectivity index (χ0) is 14.6. The maximum Gasteiger partial charge on any atom is 0.419 e. The number of halogens is 4. The Bertz CT molecular complexity index is 414. The molecule has 1 rings (SSSR count). The summed E-state index contributed by atoms with van der Waals surface area (Å²) in [4.78, 5) is 0. The van der Waals surface area contributed by atoms with Crippen LogP contribution in [0.5, 0.6) is 0 Å². The second-order valence-electron chi connectivity index (χ2n) is 4.83. The predicted octanol–water partition coefficient (Wildman–Crippen LogP) is 4.54. The highest BCUT2D eigenvalue weighted by Gasteiger charge is 2.34. The first-order valence-corrected chi connectivity index (χ1v) is 6.33. The molecule has 1 aromatic rings. The summed E-state index contributed by atoms with van der Waals surface area (Å²) in [6.07, 6.45) is -2.91. The van der Waals surface area contributed by atoms with Gasteiger partial charge in [-0.2, -0.15) is 13.2 Å². The third-order valence-corrected chi connectivity index (χ3v) is 3.38. The van der Waals surface area contributed by atoms with Gasteiger partial charge in [-0.05, 0) is 37.1 Å². The second kappa shape index (κ2) is 6.37. The number of rotatable bonds is 5. The molecule has 19 heavy (non-hydrogen) atoms. The van der Waals surface area contributed by atoms with Crippen molar-refractivity contribution in [3.8, 4) is 0 Å². The van der Waals surface area contributed by atoms with Crippen LogP contribution in [0.1, 0.15) is 43.9 Å². The number of nitrogens with one attached hydrogen (secondary N) is 1. The van der Waals surface area contributed by atoms with E-state index in [0.29, 0.717) is 11.5 Å². The van der Waals surface area contributed by atoms with Gasteiger partial charge in [0, 0.05) is 6.04 Å². The van der Waals surface area contributed by atoms with Gasteiger partial charge in [-0.1, -0.05) is 26.3 Å². The summed E-state index contributed by atoms with van der Waals surface area (Å²) in [5.41, 5.74) is -0.664. The summed E-state index contributed by atoms with van der Waals surface area (Å²) in [5, 5.41) is 3.02. The van der Waals surface area contributed by atoms with E-state index in [4.69, 9.17) is 0 Å². The highest BCUT2D eigenvalue weighted by Crippen LogP contribution is 2.33. The molecule has 0 amide bonds. The Kier molecular flexibility index (Phi) is 5.35. The van der Waals surface area contributed by atoms with Gasteiger partial charge in [0.15, 0.2) is 0 Å². The van der Waals surface area contributed by atoms with E-state index in [1.165, 1.54) is 6.07 Å². The molecule has 0 aliphatic carbocycles. The molecule has 0 aliphatic rings. The van der Waals surface area contributed by atoms with Crippen molar-refractivity contribution in [1.29, 1.82) is 0 Å². The lowest BCUT2D eigenvalue weighted by Crippen LogP contribution is -2.19. The van der Waals surface area contributed by atoms with Gasteiger partial charge < -0.3 is 5.32 Å². The third-order valence-electron chi connectivity index (χ3n) is 3.38. The third kappa shape index (κ3) is 4.20. The Labute approximate surface area is 111 Å². The van der Waals surface area contributed by atoms with E-state index in [0.717, 1.165) is 25.0 Å². The monoisotopic (exact) mass is 277 g/mol. The van der Waals surface area contributed by atoms with Crippen molar-refractivity contribution in [1.82, 2.24) is 5.32 Å². The van der Waals surface area contributed by atoms with E-state index in [9.17, 15) is 17.6 Å². The van der Waals surface area contributed by atoms with Crippen LogP contribution in [0.15, 0.2) is 18.2 Å². The Morgan fingerprint density at radius 3 is 2.32 bits per heavy atom. The molecule has 2 unspecified atom stereocenters. The minimum atomic E-state index is -4.64. The Morgan fingerprint density at radius 1 is 1.26 bits per heavy atom. The Balaban J connectivity index is 2.98. The number of hydrogen-bond acceptors (Lipinski definition) is 1. The maximum atomic E-state index is 13.5. The van der Waals surface area contributed by atoms with Crippen molar-refractivity contribution in [3.05, 3.63) is 35.1 Å². The molecule has 0 heterocycles. The van der Waals surface area contributed by atoms with Crippen molar-refractivity contribution < 1.29 is 17.6 Å². The smallest absolute Gasteiger partial charge is 0.313 e. The van der Waals surface area contributed by atoms with Crippen LogP contribution >= 0.6 is 0 Å². The van der Waals surface area contributed by atoms with Crippen LogP contribution in [-0.4, -0.2) is 7.05 Å². The average Bonchev–Trinajstić information content (AvgIpc) is 2.33. The first-order chi connectivity index (χ1) is 8.79. The van der Waals surface area contributed by atoms with Gasteiger partial charge >= 0.3 is 6.18 Å². The van der Waals surface area contributed by atoms with Crippen LogP contribution in [0.2, 0.25) is 0 Å². The molecular weight excluding hydrogens is 258 g/mol. The normalized spacial score (nSPS) is 15.3. The molecule has 0 saturated heterocycles. The van der Waals surface area contributed by atoms with Crippen LogP contribution in [0.3, 0.4) is 0 Å². The molecule has 0 fully saturated rings. The van der Waals surface area contributed by atoms with Crippen molar-refractivity contribution in [2.45, 2.75) is 38.9 Å². The van der Waals surface area contributed by atoms with Gasteiger partial charge in [0.2, 0.25) is 0 Å². The lowest BCUT2D eigenvalue weighted by atomic mass is 9.93. The van der Waals surface area contributed by atoms with Gasteiger partial charge in [0.1, 0.15) is 5.82 Å². The minimum absolute atomic E-state index is 0.133. The summed E-state index contributed by atoms with van der Waals surface area (Å²) in [5.74, 6) is -0.794. The summed E-state index contributed by atoms with van der Waals surface area (Å²) >= 11 is 0. The lowest BCUT2D eigenvalue weighted by molar-refractivity contribution is -0.140. The fourth-order valence-electron chi connectivity index (χ4n) is 1.97. The van der Waals surface area contributed by atoms with E-state index in [-0.39, 0.29) is 6.04 Å². The predicted molar refractivity (Wildman–Crippen MR) is 67.3 cm³/mol. The van der Waals surface area contributed by atoms with E-state index >= 15 is 0 Å². The van der Waals surface area contributed by atoms with Crippen LogP contribution in [0.4, 0.5) is 17.6 Å². The molecule has 0 spiro atoms. The largest absolute Gasteiger partial charge is 0.419 e. The molecule has 0 bridgehead atoms. The molecule has 0 aromatic heterocycles. The first kappa shape index (κ1) is 16.0. The fourth-order valence-corrected chi connectivity index (χ4v) is 1.97. The molecular formula is C14H19F4N. The Hall–Kier alpha value is -1.10. The molecule has 0 aliphatic heterocycles. The number of alkyl halides is 3. The van der Waals surface area contributed by atoms with Gasteiger partial charge in [-0.15, -0.1) is 0 Å². The fraction of sp³-hybridized carbons (Fsp3) is 0.571. The van der Waals surface area contributed by atoms with Gasteiger partial charge in [-0.25, -0.2) is 4.39 Å². The van der Waals surface area contributed by atoms with Crippen LogP contribution in [0.25, 0.3) is 0 Å². The molecule has 0 radical (unpaired) electrons. The molecule has 5 heteroatoms.